The minimum absolute atomic E-state index is 0.302. The first-order valence-corrected chi connectivity index (χ1v) is 8.23. The first-order valence-electron chi connectivity index (χ1n) is 8.23. The van der Waals surface area contributed by atoms with Crippen molar-refractivity contribution >= 4 is 23.5 Å². The number of hydrogen-bond acceptors (Lipinski definition) is 4. The van der Waals surface area contributed by atoms with Crippen molar-refractivity contribution in [3.63, 3.8) is 0 Å². The zero-order valence-electron chi connectivity index (χ0n) is 15.1. The van der Waals surface area contributed by atoms with E-state index in [4.69, 9.17) is 4.74 Å². The Morgan fingerprint density at radius 2 is 1.65 bits per heavy atom. The van der Waals surface area contributed by atoms with Crippen LogP contribution < -0.4 is 10.6 Å². The number of carbonyl (C=O) groups is 3. The molecule has 2 amide bonds. The number of nitrogens with one attached hydrogen (secondary N) is 2. The molecule has 0 aliphatic carbocycles. The van der Waals surface area contributed by atoms with E-state index >= 15 is 0 Å². The van der Waals surface area contributed by atoms with Crippen molar-refractivity contribution in [2.24, 2.45) is 0 Å². The molecule has 26 heavy (non-hydrogen) atoms. The summed E-state index contributed by atoms with van der Waals surface area (Å²) in [7, 11) is 0. The summed E-state index contributed by atoms with van der Waals surface area (Å²) < 4.78 is 4.88. The predicted octanol–water partition coefficient (Wildman–Crippen LogP) is 2.52. The Bertz CT molecular complexity index is 830. The fourth-order valence-corrected chi connectivity index (χ4v) is 2.23. The molecule has 2 N–H and O–H groups in total. The minimum Gasteiger partial charge on any atom is -0.454 e. The van der Waals surface area contributed by atoms with Gasteiger partial charge in [-0.1, -0.05) is 24.3 Å². The van der Waals surface area contributed by atoms with Crippen LogP contribution in [-0.2, 0) is 14.3 Å². The molecule has 0 atom stereocenters. The Labute approximate surface area is 152 Å². The van der Waals surface area contributed by atoms with E-state index in [1.54, 1.807) is 24.3 Å². The average Bonchev–Trinajstić information content (AvgIpc) is 2.62. The van der Waals surface area contributed by atoms with Gasteiger partial charge in [-0.05, 0) is 55.7 Å². The van der Waals surface area contributed by atoms with E-state index in [2.05, 4.69) is 10.6 Å². The molecule has 136 valence electrons. The Morgan fingerprint density at radius 1 is 0.923 bits per heavy atom. The van der Waals surface area contributed by atoms with Crippen LogP contribution in [0.25, 0.3) is 0 Å². The van der Waals surface area contributed by atoms with Crippen LogP contribution in [0.2, 0.25) is 0 Å². The Balaban J connectivity index is 1.76. The average molecular weight is 354 g/mol. The maximum atomic E-state index is 12.0. The van der Waals surface area contributed by atoms with Gasteiger partial charge >= 0.3 is 5.97 Å². The lowest BCUT2D eigenvalue weighted by molar-refractivity contribution is -0.146. The number of aryl methyl sites for hydroxylation is 3. The van der Waals surface area contributed by atoms with Gasteiger partial charge in [0.2, 0.25) is 0 Å². The molecule has 2 aromatic rings. The number of anilines is 1. The standard InChI is InChI=1S/C20H22N2O4/c1-13-8-9-16(10-15(13)3)20(25)21-11-19(24)26-12-18(23)22-17-7-5-4-6-14(17)2/h4-10H,11-12H2,1-3H3,(H,21,25)(H,22,23). The number of ether oxygens (including phenoxy) is 1. The van der Waals surface area contributed by atoms with Crippen molar-refractivity contribution in [1.82, 2.24) is 5.32 Å². The van der Waals surface area contributed by atoms with Gasteiger partial charge in [0.1, 0.15) is 6.54 Å². The number of para-hydroxylation sites is 1. The molecule has 0 radical (unpaired) electrons. The summed E-state index contributed by atoms with van der Waals surface area (Å²) in [5, 5.41) is 5.15. The molecule has 0 saturated carbocycles. The van der Waals surface area contributed by atoms with Crippen molar-refractivity contribution in [3.8, 4) is 0 Å². The van der Waals surface area contributed by atoms with Crippen molar-refractivity contribution in [3.05, 3.63) is 64.7 Å². The zero-order chi connectivity index (χ0) is 19.1. The smallest absolute Gasteiger partial charge is 0.325 e. The van der Waals surface area contributed by atoms with Gasteiger partial charge in [-0.15, -0.1) is 0 Å². The minimum atomic E-state index is -0.679. The highest BCUT2D eigenvalue weighted by Crippen LogP contribution is 2.12. The van der Waals surface area contributed by atoms with Crippen LogP contribution in [0.3, 0.4) is 0 Å². The summed E-state index contributed by atoms with van der Waals surface area (Å²) in [4.78, 5) is 35.6. The van der Waals surface area contributed by atoms with E-state index in [1.807, 2.05) is 39.0 Å². The molecule has 0 unspecified atom stereocenters. The second-order valence-corrected chi connectivity index (χ2v) is 6.01. The first kappa shape index (κ1) is 19.2. The number of hydrogen-bond donors (Lipinski definition) is 2. The Kier molecular flexibility index (Phi) is 6.49. The number of esters is 1. The molecular weight excluding hydrogens is 332 g/mol. The van der Waals surface area contributed by atoms with Gasteiger partial charge in [0.05, 0.1) is 0 Å². The van der Waals surface area contributed by atoms with E-state index < -0.39 is 18.5 Å². The van der Waals surface area contributed by atoms with E-state index in [1.165, 1.54) is 0 Å². The summed E-state index contributed by atoms with van der Waals surface area (Å²) in [6.07, 6.45) is 0. The molecule has 0 heterocycles. The molecule has 2 rings (SSSR count). The highest BCUT2D eigenvalue weighted by atomic mass is 16.5. The molecule has 2 aromatic carbocycles. The molecule has 0 aromatic heterocycles. The van der Waals surface area contributed by atoms with E-state index in [0.717, 1.165) is 16.7 Å². The molecule has 6 heteroatoms. The number of benzene rings is 2. The van der Waals surface area contributed by atoms with Gasteiger partial charge in [0.25, 0.3) is 11.8 Å². The fraction of sp³-hybridized carbons (Fsp3) is 0.250. The maximum Gasteiger partial charge on any atom is 0.325 e. The van der Waals surface area contributed by atoms with Gasteiger partial charge in [-0.2, -0.15) is 0 Å². The molecule has 0 aliphatic rings. The lowest BCUT2D eigenvalue weighted by Gasteiger charge is -2.09. The third-order valence-electron chi connectivity index (χ3n) is 3.95. The van der Waals surface area contributed by atoms with Gasteiger partial charge in [0, 0.05) is 11.3 Å². The Hall–Kier alpha value is -3.15. The normalized spacial score (nSPS) is 10.1. The van der Waals surface area contributed by atoms with Crippen LogP contribution in [0.5, 0.6) is 0 Å². The second-order valence-electron chi connectivity index (χ2n) is 6.01. The summed E-state index contributed by atoms with van der Waals surface area (Å²) >= 11 is 0. The van der Waals surface area contributed by atoms with Crippen molar-refractivity contribution in [2.45, 2.75) is 20.8 Å². The highest BCUT2D eigenvalue weighted by Gasteiger charge is 2.12. The largest absolute Gasteiger partial charge is 0.454 e. The second kappa shape index (κ2) is 8.80. The number of carbonyl (C=O) groups excluding carboxylic acids is 3. The SMILES string of the molecule is Cc1ccc(C(=O)NCC(=O)OCC(=O)Nc2ccccc2C)cc1C. The van der Waals surface area contributed by atoms with Crippen molar-refractivity contribution in [1.29, 1.82) is 0 Å². The quantitative estimate of drug-likeness (QED) is 0.781. The van der Waals surface area contributed by atoms with E-state index in [9.17, 15) is 14.4 Å². The van der Waals surface area contributed by atoms with Crippen LogP contribution in [0.1, 0.15) is 27.0 Å². The summed E-state index contributed by atoms with van der Waals surface area (Å²) in [5.74, 6) is -1.48. The zero-order valence-corrected chi connectivity index (χ0v) is 15.1. The topological polar surface area (TPSA) is 84.5 Å². The number of rotatable bonds is 6. The lowest BCUT2D eigenvalue weighted by Crippen LogP contribution is -2.32. The lowest BCUT2D eigenvalue weighted by atomic mass is 10.1. The molecule has 6 nitrogen and oxygen atoms in total. The maximum absolute atomic E-state index is 12.0. The summed E-state index contributed by atoms with van der Waals surface area (Å²) in [5.41, 5.74) is 4.12. The summed E-state index contributed by atoms with van der Waals surface area (Å²) in [6, 6.07) is 12.6. The van der Waals surface area contributed by atoms with Crippen LogP contribution in [0.15, 0.2) is 42.5 Å². The monoisotopic (exact) mass is 354 g/mol. The molecule has 0 bridgehead atoms. The molecular formula is C20H22N2O4. The van der Waals surface area contributed by atoms with E-state index in [0.29, 0.717) is 11.3 Å². The first-order chi connectivity index (χ1) is 12.4. The van der Waals surface area contributed by atoms with Crippen molar-refractivity contribution in [2.75, 3.05) is 18.5 Å². The van der Waals surface area contributed by atoms with Crippen LogP contribution in [-0.4, -0.2) is 30.9 Å². The molecule has 0 spiro atoms. The van der Waals surface area contributed by atoms with Crippen LogP contribution in [0.4, 0.5) is 5.69 Å². The van der Waals surface area contributed by atoms with Gasteiger partial charge in [-0.25, -0.2) is 0 Å². The third kappa shape index (κ3) is 5.44. The van der Waals surface area contributed by atoms with Gasteiger partial charge in [-0.3, -0.25) is 14.4 Å². The predicted molar refractivity (Wildman–Crippen MR) is 99.0 cm³/mol. The summed E-state index contributed by atoms with van der Waals surface area (Å²) in [6.45, 7) is 5.02. The Morgan fingerprint density at radius 3 is 2.35 bits per heavy atom. The molecule has 0 fully saturated rings. The van der Waals surface area contributed by atoms with E-state index in [-0.39, 0.29) is 12.5 Å². The van der Waals surface area contributed by atoms with Crippen LogP contribution in [0, 0.1) is 20.8 Å². The molecule has 0 aliphatic heterocycles. The van der Waals surface area contributed by atoms with Crippen molar-refractivity contribution < 1.29 is 19.1 Å². The fourth-order valence-electron chi connectivity index (χ4n) is 2.23. The van der Waals surface area contributed by atoms with Crippen LogP contribution >= 0.6 is 0 Å². The van der Waals surface area contributed by atoms with Gasteiger partial charge in [0.15, 0.2) is 6.61 Å². The van der Waals surface area contributed by atoms with Gasteiger partial charge < -0.3 is 15.4 Å². The third-order valence-corrected chi connectivity index (χ3v) is 3.95. The molecule has 0 saturated heterocycles. The number of amides is 2. The highest BCUT2D eigenvalue weighted by molar-refractivity contribution is 5.97.